The summed E-state index contributed by atoms with van der Waals surface area (Å²) in [5.41, 5.74) is -0.0205. The number of unbranched alkanes of at least 4 members (excludes halogenated alkanes) is 2. The van der Waals surface area contributed by atoms with Gasteiger partial charge in [0.05, 0.1) is 22.6 Å². The number of anilines is 4. The second kappa shape index (κ2) is 14.7. The molecule has 3 amide bonds. The number of hydrogen-bond acceptors (Lipinski definition) is 7. The van der Waals surface area contributed by atoms with Crippen molar-refractivity contribution < 1.29 is 36.0 Å². The predicted octanol–water partition coefficient (Wildman–Crippen LogP) is 6.73. The molecule has 4 rings (SSSR count). The maximum atomic E-state index is 13.4. The molecular weight excluding hydrogens is 623 g/mol. The first-order valence-corrected chi connectivity index (χ1v) is 15.6. The molecule has 0 radical (unpaired) electrons. The van der Waals surface area contributed by atoms with Crippen LogP contribution in [-0.2, 0) is 21.0 Å². The van der Waals surface area contributed by atoms with Crippen LogP contribution in [-0.4, -0.2) is 31.1 Å². The van der Waals surface area contributed by atoms with Crippen LogP contribution >= 0.6 is 0 Å². The Bertz CT molecular complexity index is 1820. The molecule has 0 spiro atoms. The van der Waals surface area contributed by atoms with Gasteiger partial charge in [-0.05, 0) is 73.2 Å². The van der Waals surface area contributed by atoms with Crippen LogP contribution < -0.4 is 20.7 Å². The lowest BCUT2D eigenvalue weighted by Crippen LogP contribution is -2.31. The van der Waals surface area contributed by atoms with Crippen molar-refractivity contribution in [3.8, 4) is 0 Å². The molecule has 1 heterocycles. The van der Waals surface area contributed by atoms with E-state index in [1.807, 2.05) is 11.6 Å². The van der Waals surface area contributed by atoms with E-state index in [0.29, 0.717) is 6.42 Å². The van der Waals surface area contributed by atoms with Crippen molar-refractivity contribution in [2.45, 2.75) is 43.7 Å². The van der Waals surface area contributed by atoms with E-state index in [2.05, 4.69) is 20.9 Å². The van der Waals surface area contributed by atoms with Gasteiger partial charge in [-0.25, -0.2) is 13.1 Å². The number of benzene rings is 3. The van der Waals surface area contributed by atoms with Gasteiger partial charge in [0.15, 0.2) is 0 Å². The number of halogens is 3. The maximum Gasteiger partial charge on any atom is 0.416 e. The van der Waals surface area contributed by atoms with E-state index >= 15 is 0 Å². The molecule has 0 bridgehead atoms. The van der Waals surface area contributed by atoms with Gasteiger partial charge in [-0.2, -0.15) is 13.2 Å². The molecule has 0 atom stereocenters. The normalized spacial score (nSPS) is 11.4. The quantitative estimate of drug-likeness (QED) is 0.124. The molecule has 4 aromatic rings. The van der Waals surface area contributed by atoms with Crippen molar-refractivity contribution in [1.82, 2.24) is 9.71 Å². The van der Waals surface area contributed by atoms with Gasteiger partial charge >= 0.3 is 6.18 Å². The highest BCUT2D eigenvalue weighted by Crippen LogP contribution is 2.32. The summed E-state index contributed by atoms with van der Waals surface area (Å²) in [6.07, 6.45) is 0.496. The zero-order chi connectivity index (χ0) is 33.3. The fourth-order valence-electron chi connectivity index (χ4n) is 4.28. The molecule has 0 saturated heterocycles. The molecule has 10 nitrogen and oxygen atoms in total. The van der Waals surface area contributed by atoms with Crippen LogP contribution in [0.5, 0.6) is 0 Å². The lowest BCUT2D eigenvalue weighted by atomic mass is 10.1. The Kier molecular flexibility index (Phi) is 10.7. The number of amides is 3. The predicted molar refractivity (Wildman–Crippen MR) is 167 cm³/mol. The van der Waals surface area contributed by atoms with Gasteiger partial charge in [-0.15, -0.1) is 0 Å². The summed E-state index contributed by atoms with van der Waals surface area (Å²) in [5, 5.41) is 8.17. The van der Waals surface area contributed by atoms with Crippen LogP contribution in [0.3, 0.4) is 0 Å². The van der Waals surface area contributed by atoms with Gasteiger partial charge in [0.2, 0.25) is 5.91 Å². The molecule has 0 aliphatic rings. The van der Waals surface area contributed by atoms with Crippen molar-refractivity contribution in [3.05, 3.63) is 108 Å². The summed E-state index contributed by atoms with van der Waals surface area (Å²) in [7, 11) is -4.32. The Morgan fingerprint density at radius 1 is 0.761 bits per heavy atom. The number of alkyl halides is 3. The molecular formula is C32H30F3N5O5S. The van der Waals surface area contributed by atoms with Crippen LogP contribution in [0.15, 0.2) is 96.2 Å². The van der Waals surface area contributed by atoms with Crippen LogP contribution in [0.1, 0.15) is 58.9 Å². The number of pyridine rings is 1. The first-order chi connectivity index (χ1) is 21.9. The summed E-state index contributed by atoms with van der Waals surface area (Å²) in [5.74, 6) is -1.96. The zero-order valence-electron chi connectivity index (χ0n) is 24.5. The molecule has 0 fully saturated rings. The molecule has 3 aromatic carbocycles. The number of nitrogens with zero attached hydrogens (tertiary/aromatic N) is 1. The highest BCUT2D eigenvalue weighted by atomic mass is 32.2. The van der Waals surface area contributed by atoms with Crippen LogP contribution in [0.2, 0.25) is 0 Å². The van der Waals surface area contributed by atoms with Crippen LogP contribution in [0, 0.1) is 0 Å². The number of carbonyl (C=O) groups is 3. The van der Waals surface area contributed by atoms with Gasteiger partial charge in [0.1, 0.15) is 4.90 Å². The highest BCUT2D eigenvalue weighted by molar-refractivity contribution is 7.90. The molecule has 0 saturated carbocycles. The zero-order valence-corrected chi connectivity index (χ0v) is 25.3. The topological polar surface area (TPSA) is 146 Å². The van der Waals surface area contributed by atoms with E-state index in [0.717, 1.165) is 25.0 Å². The Balaban J connectivity index is 1.61. The molecule has 46 heavy (non-hydrogen) atoms. The third kappa shape index (κ3) is 8.91. The third-order valence-electron chi connectivity index (χ3n) is 6.64. The number of sulfonamides is 1. The molecule has 0 aliphatic heterocycles. The summed E-state index contributed by atoms with van der Waals surface area (Å²) in [4.78, 5) is 42.1. The number of nitrogens with one attached hydrogen (secondary N) is 4. The lowest BCUT2D eigenvalue weighted by molar-refractivity contribution is -0.137. The molecule has 14 heteroatoms. The summed E-state index contributed by atoms with van der Waals surface area (Å²) >= 11 is 0. The van der Waals surface area contributed by atoms with Gasteiger partial charge in [0, 0.05) is 35.6 Å². The molecule has 4 N–H and O–H groups in total. The van der Waals surface area contributed by atoms with Crippen LogP contribution in [0.25, 0.3) is 0 Å². The Morgan fingerprint density at radius 3 is 2.09 bits per heavy atom. The van der Waals surface area contributed by atoms with Crippen LogP contribution in [0.4, 0.5) is 35.9 Å². The Labute approximate surface area is 263 Å². The van der Waals surface area contributed by atoms with Gasteiger partial charge in [0.25, 0.3) is 21.8 Å². The van der Waals surface area contributed by atoms with Crippen molar-refractivity contribution >= 4 is 50.5 Å². The summed E-state index contributed by atoms with van der Waals surface area (Å²) in [6, 6.07) is 16.9. The van der Waals surface area contributed by atoms with Crippen molar-refractivity contribution in [1.29, 1.82) is 0 Å². The minimum absolute atomic E-state index is 0.0128. The molecule has 1 aromatic heterocycles. The van der Waals surface area contributed by atoms with E-state index in [9.17, 15) is 36.0 Å². The minimum Gasteiger partial charge on any atom is -0.354 e. The third-order valence-corrected chi connectivity index (χ3v) is 8.08. The minimum atomic E-state index is -4.52. The number of aromatic nitrogens is 1. The lowest BCUT2D eigenvalue weighted by Gasteiger charge is -2.16. The van der Waals surface area contributed by atoms with E-state index in [1.54, 1.807) is 0 Å². The average Bonchev–Trinajstić information content (AvgIpc) is 3.02. The Morgan fingerprint density at radius 2 is 1.41 bits per heavy atom. The molecule has 240 valence electrons. The maximum absolute atomic E-state index is 13.4. The summed E-state index contributed by atoms with van der Waals surface area (Å²) in [6.45, 7) is 1.95. The molecule has 0 unspecified atom stereocenters. The fourth-order valence-corrected chi connectivity index (χ4v) is 5.46. The highest BCUT2D eigenvalue weighted by Gasteiger charge is 2.30. The monoisotopic (exact) mass is 653 g/mol. The van der Waals surface area contributed by atoms with Crippen molar-refractivity contribution in [2.75, 3.05) is 16.0 Å². The first kappa shape index (κ1) is 33.6. The van der Waals surface area contributed by atoms with Gasteiger partial charge in [-0.1, -0.05) is 31.9 Å². The van der Waals surface area contributed by atoms with E-state index in [1.165, 1.54) is 79.1 Å². The second-order valence-corrected chi connectivity index (χ2v) is 11.7. The second-order valence-electron chi connectivity index (χ2n) is 10.1. The summed E-state index contributed by atoms with van der Waals surface area (Å²) < 4.78 is 67.2. The average molecular weight is 654 g/mol. The number of hydrogen-bond donors (Lipinski definition) is 4. The van der Waals surface area contributed by atoms with Gasteiger partial charge < -0.3 is 16.0 Å². The standard InChI is InChI=1S/C32H30F3N5O5S/c1-2-3-4-9-29(41)40-46(44,45)28-8-6-5-7-26(28)38-31(43)22-10-15-25(37-24-13-11-23(12-14-24)32(33,34)35)27(20-22)39-30(42)21-16-18-36-19-17-21/h5-8,10-20,37H,2-4,9H2,1H3,(H,38,43)(H,39,42)(H,40,41). The largest absolute Gasteiger partial charge is 0.416 e. The van der Waals surface area contributed by atoms with Crippen molar-refractivity contribution in [3.63, 3.8) is 0 Å². The number of para-hydroxylation sites is 1. The van der Waals surface area contributed by atoms with Gasteiger partial charge in [-0.3, -0.25) is 19.4 Å². The molecule has 0 aliphatic carbocycles. The smallest absolute Gasteiger partial charge is 0.354 e. The SMILES string of the molecule is CCCCCC(=O)NS(=O)(=O)c1ccccc1NC(=O)c1ccc(Nc2ccc(C(F)(F)F)cc2)c(NC(=O)c2ccncc2)c1. The number of carbonyl (C=O) groups excluding carboxylic acids is 3. The van der Waals surface area contributed by atoms with E-state index in [-0.39, 0.29) is 45.2 Å². The van der Waals surface area contributed by atoms with E-state index < -0.39 is 39.5 Å². The number of rotatable bonds is 12. The first-order valence-electron chi connectivity index (χ1n) is 14.1. The Hall–Kier alpha value is -5.24. The van der Waals surface area contributed by atoms with E-state index in [4.69, 9.17) is 0 Å². The van der Waals surface area contributed by atoms with Crippen molar-refractivity contribution in [2.24, 2.45) is 0 Å². The fraction of sp³-hybridized carbons (Fsp3) is 0.188.